The highest BCUT2D eigenvalue weighted by molar-refractivity contribution is 7.66. The summed E-state index contributed by atoms with van der Waals surface area (Å²) in [6.45, 7) is 3.37. The van der Waals surface area contributed by atoms with E-state index in [1.807, 2.05) is 0 Å². The topological polar surface area (TPSA) is 75.6 Å². The lowest BCUT2D eigenvalue weighted by Crippen LogP contribution is -2.27. The first-order valence-electron chi connectivity index (χ1n) is 5.62. The van der Waals surface area contributed by atoms with Gasteiger partial charge in [0.1, 0.15) is 0 Å². The van der Waals surface area contributed by atoms with Crippen LogP contribution in [0.1, 0.15) is 19.4 Å². The van der Waals surface area contributed by atoms with Crippen LogP contribution in [0.4, 0.5) is 0 Å². The van der Waals surface area contributed by atoms with Gasteiger partial charge in [0.15, 0.2) is 0 Å². The minimum absolute atomic E-state index is 0.0152. The van der Waals surface area contributed by atoms with Crippen LogP contribution in [0.5, 0.6) is 0 Å². The predicted octanol–water partition coefficient (Wildman–Crippen LogP) is 1.21. The van der Waals surface area contributed by atoms with E-state index in [4.69, 9.17) is 0 Å². The van der Waals surface area contributed by atoms with Gasteiger partial charge in [-0.2, -0.15) is 0 Å². The van der Waals surface area contributed by atoms with Crippen molar-refractivity contribution in [3.8, 4) is 0 Å². The second-order valence-electron chi connectivity index (χ2n) is 4.25. The molecule has 0 aliphatic carbocycles. The van der Waals surface area contributed by atoms with E-state index < -0.39 is 7.37 Å². The highest BCUT2D eigenvalue weighted by atomic mass is 31.2. The second kappa shape index (κ2) is 6.14. The monoisotopic (exact) mass is 271 g/mol. The fourth-order valence-corrected chi connectivity index (χ4v) is 3.00. The van der Waals surface area contributed by atoms with E-state index >= 15 is 0 Å². The van der Waals surface area contributed by atoms with Crippen molar-refractivity contribution in [3.05, 3.63) is 29.8 Å². The van der Waals surface area contributed by atoms with Crippen LogP contribution in [0.2, 0.25) is 0 Å². The van der Waals surface area contributed by atoms with E-state index in [1.54, 1.807) is 38.1 Å². The molecule has 0 saturated carbocycles. The highest BCUT2D eigenvalue weighted by Crippen LogP contribution is 2.45. The molecule has 0 saturated heterocycles. The molecule has 18 heavy (non-hydrogen) atoms. The molecule has 1 unspecified atom stereocenters. The molecule has 1 aromatic carbocycles. The molecule has 0 bridgehead atoms. The lowest BCUT2D eigenvalue weighted by atomic mass is 10.1. The molecular weight excluding hydrogens is 253 g/mol. The number of hydrogen-bond donors (Lipinski definition) is 2. The van der Waals surface area contributed by atoms with Crippen molar-refractivity contribution in [2.45, 2.75) is 25.9 Å². The Bertz CT molecular complexity index is 473. The molecule has 0 fully saturated rings. The number of amides is 1. The van der Waals surface area contributed by atoms with Gasteiger partial charge in [-0.3, -0.25) is 14.2 Å². The van der Waals surface area contributed by atoms with Gasteiger partial charge in [0.05, 0.1) is 13.5 Å². The Morgan fingerprint density at radius 1 is 1.44 bits per heavy atom. The zero-order chi connectivity index (χ0) is 13.8. The van der Waals surface area contributed by atoms with Crippen molar-refractivity contribution >= 4 is 18.6 Å². The summed E-state index contributed by atoms with van der Waals surface area (Å²) in [5, 5.41) is 0.339. The Morgan fingerprint density at radius 3 is 2.61 bits per heavy atom. The molecule has 0 aliphatic heterocycles. The van der Waals surface area contributed by atoms with Crippen molar-refractivity contribution in [2.75, 3.05) is 7.11 Å². The van der Waals surface area contributed by atoms with Gasteiger partial charge < -0.3 is 4.89 Å². The van der Waals surface area contributed by atoms with Crippen LogP contribution in [0.3, 0.4) is 0 Å². The van der Waals surface area contributed by atoms with E-state index in [0.29, 0.717) is 10.9 Å². The molecule has 2 N–H and O–H groups in total. The number of rotatable bonds is 5. The summed E-state index contributed by atoms with van der Waals surface area (Å²) < 4.78 is 12.3. The standard InChI is InChI=1S/C12H18NO4P/c1-9(2)18(15,16)11-7-5-4-6-10(11)8-12(14)13-17-3/h4-7,9H,8H2,1-3H3,(H,13,14)(H,15,16). The number of hydrogen-bond acceptors (Lipinski definition) is 3. The maximum absolute atomic E-state index is 12.3. The lowest BCUT2D eigenvalue weighted by molar-refractivity contribution is -0.130. The average molecular weight is 271 g/mol. The van der Waals surface area contributed by atoms with Crippen LogP contribution in [0.25, 0.3) is 0 Å². The summed E-state index contributed by atoms with van der Waals surface area (Å²) in [7, 11) is -2.11. The third-order valence-electron chi connectivity index (χ3n) is 2.60. The molecule has 0 aromatic heterocycles. The van der Waals surface area contributed by atoms with E-state index in [1.165, 1.54) is 7.11 Å². The second-order valence-corrected chi connectivity index (χ2v) is 7.01. The molecule has 6 heteroatoms. The number of nitrogens with one attached hydrogen (secondary N) is 1. The number of carbonyl (C=O) groups is 1. The van der Waals surface area contributed by atoms with Crippen molar-refractivity contribution in [1.82, 2.24) is 5.48 Å². The summed E-state index contributed by atoms with van der Waals surface area (Å²) in [5.74, 6) is -0.353. The third kappa shape index (κ3) is 3.42. The van der Waals surface area contributed by atoms with Gasteiger partial charge in [0.25, 0.3) is 0 Å². The van der Waals surface area contributed by atoms with Gasteiger partial charge in [-0.1, -0.05) is 32.0 Å². The first-order valence-corrected chi connectivity index (χ1v) is 7.35. The Hall–Kier alpha value is -1.16. The van der Waals surface area contributed by atoms with E-state index in [2.05, 4.69) is 10.3 Å². The largest absolute Gasteiger partial charge is 0.341 e. The van der Waals surface area contributed by atoms with Crippen LogP contribution >= 0.6 is 7.37 Å². The molecule has 1 atom stereocenters. The molecule has 5 nitrogen and oxygen atoms in total. The molecule has 1 aromatic rings. The van der Waals surface area contributed by atoms with Gasteiger partial charge >= 0.3 is 0 Å². The van der Waals surface area contributed by atoms with Gasteiger partial charge in [-0.15, -0.1) is 0 Å². The van der Waals surface area contributed by atoms with Crippen LogP contribution in [0, 0.1) is 0 Å². The maximum atomic E-state index is 12.3. The van der Waals surface area contributed by atoms with Crippen molar-refractivity contribution in [2.24, 2.45) is 0 Å². The SMILES string of the molecule is CONC(=O)Cc1ccccc1P(=O)(O)C(C)C. The van der Waals surface area contributed by atoms with Gasteiger partial charge in [-0.05, 0) is 11.6 Å². The van der Waals surface area contributed by atoms with E-state index in [9.17, 15) is 14.3 Å². The molecule has 100 valence electrons. The molecule has 1 rings (SSSR count). The lowest BCUT2D eigenvalue weighted by Gasteiger charge is -2.18. The van der Waals surface area contributed by atoms with Gasteiger partial charge in [0, 0.05) is 11.0 Å². The zero-order valence-electron chi connectivity index (χ0n) is 10.7. The molecule has 0 aliphatic rings. The maximum Gasteiger partial charge on any atom is 0.247 e. The molecule has 0 heterocycles. The van der Waals surface area contributed by atoms with Crippen molar-refractivity contribution < 1.29 is 19.1 Å². The molecule has 1 amide bonds. The van der Waals surface area contributed by atoms with Crippen LogP contribution in [-0.4, -0.2) is 23.6 Å². The average Bonchev–Trinajstić information content (AvgIpc) is 2.29. The summed E-state index contributed by atoms with van der Waals surface area (Å²) in [6.07, 6.45) is 0.0152. The minimum atomic E-state index is -3.45. The molecule has 0 radical (unpaired) electrons. The Morgan fingerprint density at radius 2 is 2.06 bits per heavy atom. The Balaban J connectivity index is 3.07. The predicted molar refractivity (Wildman–Crippen MR) is 69.9 cm³/mol. The van der Waals surface area contributed by atoms with E-state index in [-0.39, 0.29) is 18.0 Å². The summed E-state index contributed by atoms with van der Waals surface area (Å²) in [5.41, 5.74) is 2.35. The fourth-order valence-electron chi connectivity index (χ4n) is 1.57. The summed E-state index contributed by atoms with van der Waals surface area (Å²) in [6, 6.07) is 6.70. The first-order chi connectivity index (χ1) is 8.39. The highest BCUT2D eigenvalue weighted by Gasteiger charge is 2.28. The Labute approximate surface area is 107 Å². The summed E-state index contributed by atoms with van der Waals surface area (Å²) >= 11 is 0. The first kappa shape index (κ1) is 14.9. The van der Waals surface area contributed by atoms with Gasteiger partial charge in [-0.25, -0.2) is 5.48 Å². The normalized spacial score (nSPS) is 14.3. The van der Waals surface area contributed by atoms with E-state index in [0.717, 1.165) is 0 Å². The van der Waals surface area contributed by atoms with Gasteiger partial charge in [0.2, 0.25) is 13.3 Å². The van der Waals surface area contributed by atoms with Crippen molar-refractivity contribution in [1.29, 1.82) is 0 Å². The third-order valence-corrected chi connectivity index (χ3v) is 5.13. The van der Waals surface area contributed by atoms with Crippen LogP contribution < -0.4 is 10.8 Å². The smallest absolute Gasteiger partial charge is 0.247 e. The molecular formula is C12H18NO4P. The Kier molecular flexibility index (Phi) is 5.08. The van der Waals surface area contributed by atoms with Crippen LogP contribution in [0.15, 0.2) is 24.3 Å². The van der Waals surface area contributed by atoms with Crippen LogP contribution in [-0.2, 0) is 20.6 Å². The minimum Gasteiger partial charge on any atom is -0.341 e. The molecule has 0 spiro atoms. The van der Waals surface area contributed by atoms with Crippen molar-refractivity contribution in [3.63, 3.8) is 0 Å². The quantitative estimate of drug-likeness (QED) is 0.623. The number of hydroxylamine groups is 1. The zero-order valence-corrected chi connectivity index (χ0v) is 11.6. The summed E-state index contributed by atoms with van der Waals surface area (Å²) in [4.78, 5) is 26.1. The fraction of sp³-hybridized carbons (Fsp3) is 0.417. The number of benzene rings is 1. The number of carbonyl (C=O) groups excluding carboxylic acids is 1.